The fourth-order valence-corrected chi connectivity index (χ4v) is 4.49. The zero-order chi connectivity index (χ0) is 16.6. The van der Waals surface area contributed by atoms with Crippen LogP contribution < -0.4 is 0 Å². The van der Waals surface area contributed by atoms with Gasteiger partial charge in [0.15, 0.2) is 0 Å². The molecule has 0 aromatic heterocycles. The van der Waals surface area contributed by atoms with E-state index in [4.69, 9.17) is 0 Å². The summed E-state index contributed by atoms with van der Waals surface area (Å²) in [6.45, 7) is 4.82. The standard InChI is InChI=1S/C20H27FN2O/c21-18-5-3-4-17(14-18)20(8-1-2-9-20)19(24)23-12-10-22(11-13-23)15-16-6-7-16/h3-5,14,16H,1-2,6-13,15H2. The number of benzene rings is 1. The van der Waals surface area contributed by atoms with E-state index in [1.807, 2.05) is 11.0 Å². The molecule has 1 heterocycles. The third kappa shape index (κ3) is 3.08. The third-order valence-corrected chi connectivity index (χ3v) is 6.12. The van der Waals surface area contributed by atoms with Crippen LogP contribution in [0.3, 0.4) is 0 Å². The molecule has 130 valence electrons. The summed E-state index contributed by atoms with van der Waals surface area (Å²) in [5.74, 6) is 0.901. The van der Waals surface area contributed by atoms with E-state index < -0.39 is 5.41 Å². The largest absolute Gasteiger partial charge is 0.339 e. The molecule has 3 aliphatic rings. The summed E-state index contributed by atoms with van der Waals surface area (Å²) >= 11 is 0. The minimum atomic E-state index is -0.485. The molecule has 0 unspecified atom stereocenters. The maximum Gasteiger partial charge on any atom is 0.233 e. The van der Waals surface area contributed by atoms with E-state index in [1.165, 1.54) is 25.5 Å². The number of amides is 1. The zero-order valence-electron chi connectivity index (χ0n) is 14.3. The summed E-state index contributed by atoms with van der Waals surface area (Å²) in [6.07, 6.45) is 6.59. The van der Waals surface area contributed by atoms with Crippen molar-refractivity contribution in [2.24, 2.45) is 5.92 Å². The summed E-state index contributed by atoms with van der Waals surface area (Å²) in [5.41, 5.74) is 0.395. The predicted octanol–water partition coefficient (Wildman–Crippen LogP) is 3.19. The highest BCUT2D eigenvalue weighted by molar-refractivity contribution is 5.88. The Morgan fingerprint density at radius 2 is 1.83 bits per heavy atom. The molecule has 1 aliphatic heterocycles. The number of hydrogen-bond acceptors (Lipinski definition) is 2. The first-order valence-electron chi connectivity index (χ1n) is 9.45. The SMILES string of the molecule is O=C(N1CCN(CC2CC2)CC1)C1(c2cccc(F)c2)CCCC1. The molecule has 2 aliphatic carbocycles. The quantitative estimate of drug-likeness (QED) is 0.846. The first-order chi connectivity index (χ1) is 11.7. The van der Waals surface area contributed by atoms with Gasteiger partial charge in [-0.25, -0.2) is 4.39 Å². The summed E-state index contributed by atoms with van der Waals surface area (Å²) in [6, 6.07) is 6.72. The molecule has 0 bridgehead atoms. The highest BCUT2D eigenvalue weighted by atomic mass is 19.1. The smallest absolute Gasteiger partial charge is 0.233 e. The molecule has 1 aromatic rings. The van der Waals surface area contributed by atoms with Crippen LogP contribution in [0, 0.1) is 11.7 Å². The van der Waals surface area contributed by atoms with Gasteiger partial charge in [-0.15, -0.1) is 0 Å². The van der Waals surface area contributed by atoms with Crippen LogP contribution in [0.5, 0.6) is 0 Å². The second-order valence-corrected chi connectivity index (χ2v) is 7.84. The number of rotatable bonds is 4. The Hall–Kier alpha value is -1.42. The summed E-state index contributed by atoms with van der Waals surface area (Å²) < 4.78 is 13.7. The van der Waals surface area contributed by atoms with Crippen LogP contribution in [0.2, 0.25) is 0 Å². The van der Waals surface area contributed by atoms with Crippen LogP contribution in [0.25, 0.3) is 0 Å². The van der Waals surface area contributed by atoms with Gasteiger partial charge in [0.05, 0.1) is 5.41 Å². The number of nitrogens with zero attached hydrogens (tertiary/aromatic N) is 2. The lowest BCUT2D eigenvalue weighted by atomic mass is 9.77. The Bertz CT molecular complexity index is 599. The average molecular weight is 330 g/mol. The summed E-state index contributed by atoms with van der Waals surface area (Å²) in [5, 5.41) is 0. The topological polar surface area (TPSA) is 23.6 Å². The van der Waals surface area contributed by atoms with Gasteiger partial charge < -0.3 is 4.90 Å². The van der Waals surface area contributed by atoms with E-state index in [9.17, 15) is 9.18 Å². The van der Waals surface area contributed by atoms with Gasteiger partial charge in [-0.1, -0.05) is 25.0 Å². The van der Waals surface area contributed by atoms with Crippen LogP contribution >= 0.6 is 0 Å². The van der Waals surface area contributed by atoms with Crippen LogP contribution in [0.1, 0.15) is 44.1 Å². The Morgan fingerprint density at radius 1 is 1.12 bits per heavy atom. The molecule has 4 rings (SSSR count). The van der Waals surface area contributed by atoms with Crippen LogP contribution in [-0.2, 0) is 10.2 Å². The normalized spacial score (nSPS) is 24.3. The number of piperazine rings is 1. The molecule has 0 radical (unpaired) electrons. The van der Waals surface area contributed by atoms with Crippen molar-refractivity contribution in [2.45, 2.75) is 43.9 Å². The summed E-state index contributed by atoms with van der Waals surface area (Å²) in [4.78, 5) is 17.9. The molecule has 3 nitrogen and oxygen atoms in total. The van der Waals surface area contributed by atoms with Crippen LogP contribution in [0.15, 0.2) is 24.3 Å². The Kier molecular flexibility index (Phi) is 4.33. The van der Waals surface area contributed by atoms with Gasteiger partial charge in [0.1, 0.15) is 5.82 Å². The molecule has 3 fully saturated rings. The molecule has 1 aromatic carbocycles. The number of halogens is 1. The van der Waals surface area contributed by atoms with E-state index in [-0.39, 0.29) is 11.7 Å². The summed E-state index contributed by atoms with van der Waals surface area (Å²) in [7, 11) is 0. The highest BCUT2D eigenvalue weighted by Crippen LogP contribution is 2.43. The van der Waals surface area contributed by atoms with Gasteiger partial charge in [-0.3, -0.25) is 9.69 Å². The van der Waals surface area contributed by atoms with E-state index >= 15 is 0 Å². The van der Waals surface area contributed by atoms with Gasteiger partial charge >= 0.3 is 0 Å². The van der Waals surface area contributed by atoms with Gasteiger partial charge in [0.2, 0.25) is 5.91 Å². The minimum Gasteiger partial charge on any atom is -0.339 e. The van der Waals surface area contributed by atoms with Crippen molar-refractivity contribution in [1.29, 1.82) is 0 Å². The molecule has 0 spiro atoms. The highest BCUT2D eigenvalue weighted by Gasteiger charge is 2.45. The van der Waals surface area contributed by atoms with Crippen LogP contribution in [0.4, 0.5) is 4.39 Å². The zero-order valence-corrected chi connectivity index (χ0v) is 14.3. The maximum absolute atomic E-state index is 13.7. The third-order valence-electron chi connectivity index (χ3n) is 6.12. The van der Waals surface area contributed by atoms with E-state index in [2.05, 4.69) is 4.90 Å². The van der Waals surface area contributed by atoms with Gasteiger partial charge in [0.25, 0.3) is 0 Å². The maximum atomic E-state index is 13.7. The number of carbonyl (C=O) groups is 1. The van der Waals surface area contributed by atoms with Gasteiger partial charge in [-0.05, 0) is 49.3 Å². The molecular formula is C20H27FN2O. The lowest BCUT2D eigenvalue weighted by Crippen LogP contribution is -2.54. The fraction of sp³-hybridized carbons (Fsp3) is 0.650. The Morgan fingerprint density at radius 3 is 2.46 bits per heavy atom. The first-order valence-corrected chi connectivity index (χ1v) is 9.45. The Labute approximate surface area is 143 Å². The molecule has 1 amide bonds. The van der Waals surface area contributed by atoms with Crippen molar-refractivity contribution in [3.63, 3.8) is 0 Å². The lowest BCUT2D eigenvalue weighted by Gasteiger charge is -2.40. The molecule has 0 atom stereocenters. The van der Waals surface area contributed by atoms with Gasteiger partial charge in [0, 0.05) is 32.7 Å². The second-order valence-electron chi connectivity index (χ2n) is 7.84. The van der Waals surface area contributed by atoms with Crippen molar-refractivity contribution in [3.8, 4) is 0 Å². The average Bonchev–Trinajstić information content (AvgIpc) is 3.27. The molecule has 24 heavy (non-hydrogen) atoms. The lowest BCUT2D eigenvalue weighted by molar-refractivity contribution is -0.139. The second kappa shape index (κ2) is 6.47. The van der Waals surface area contributed by atoms with Crippen LogP contribution in [-0.4, -0.2) is 48.4 Å². The molecule has 1 saturated heterocycles. The monoisotopic (exact) mass is 330 g/mol. The van der Waals surface area contributed by atoms with E-state index in [0.29, 0.717) is 0 Å². The first kappa shape index (κ1) is 16.1. The Balaban J connectivity index is 1.48. The van der Waals surface area contributed by atoms with Gasteiger partial charge in [-0.2, -0.15) is 0 Å². The van der Waals surface area contributed by atoms with Crippen molar-refractivity contribution in [2.75, 3.05) is 32.7 Å². The van der Waals surface area contributed by atoms with E-state index in [0.717, 1.165) is 63.3 Å². The minimum absolute atomic E-state index is 0.233. The number of hydrogen-bond donors (Lipinski definition) is 0. The molecule has 2 saturated carbocycles. The molecule has 4 heteroatoms. The van der Waals surface area contributed by atoms with Crippen molar-refractivity contribution in [3.05, 3.63) is 35.6 Å². The van der Waals surface area contributed by atoms with E-state index in [1.54, 1.807) is 12.1 Å². The van der Waals surface area contributed by atoms with Crippen molar-refractivity contribution < 1.29 is 9.18 Å². The van der Waals surface area contributed by atoms with Crippen molar-refractivity contribution in [1.82, 2.24) is 9.80 Å². The predicted molar refractivity (Wildman–Crippen MR) is 92.3 cm³/mol. The molecular weight excluding hydrogens is 303 g/mol. The number of carbonyl (C=O) groups excluding carboxylic acids is 1. The fourth-order valence-electron chi connectivity index (χ4n) is 4.49. The van der Waals surface area contributed by atoms with Crippen molar-refractivity contribution >= 4 is 5.91 Å². The molecule has 0 N–H and O–H groups in total.